The zero-order valence-electron chi connectivity index (χ0n) is 23.7. The number of nitrogens with zero attached hydrogens (tertiary/aromatic N) is 1. The number of quaternary nitrogens is 1. The maximum atomic E-state index is 12.9. The number of hydrogen-bond donors (Lipinski definition) is 2. The Hall–Kier alpha value is -3.88. The Morgan fingerprint density at radius 2 is 1.73 bits per heavy atom. The van der Waals surface area contributed by atoms with E-state index in [1.165, 1.54) is 19.2 Å². The van der Waals surface area contributed by atoms with E-state index in [2.05, 4.69) is 24.7 Å². The molecule has 0 bridgehead atoms. The van der Waals surface area contributed by atoms with E-state index in [4.69, 9.17) is 21.1 Å². The van der Waals surface area contributed by atoms with Gasteiger partial charge < -0.3 is 19.3 Å². The highest BCUT2D eigenvalue weighted by molar-refractivity contribution is 6.34. The lowest BCUT2D eigenvalue weighted by atomic mass is 9.99. The molecule has 216 valence electrons. The Balaban J connectivity index is 1.40. The number of piperidine rings is 1. The molecule has 0 radical (unpaired) electrons. The number of aldehydes is 1. The number of hydrogen-bond acceptors (Lipinski definition) is 5. The first kappa shape index (κ1) is 30.1. The van der Waals surface area contributed by atoms with Crippen molar-refractivity contribution in [2.45, 2.75) is 38.2 Å². The van der Waals surface area contributed by atoms with Crippen LogP contribution in [0.2, 0.25) is 5.02 Å². The molecule has 8 nitrogen and oxygen atoms in total. The molecular formula is C32H37ClN3O5+. The summed E-state index contributed by atoms with van der Waals surface area (Å²) in [6, 6.07) is 18.8. The highest BCUT2D eigenvalue weighted by Crippen LogP contribution is 2.32. The average molecular weight is 579 g/mol. The maximum Gasteiger partial charge on any atom is 0.411 e. The van der Waals surface area contributed by atoms with E-state index >= 15 is 0 Å². The number of rotatable bonds is 10. The van der Waals surface area contributed by atoms with Gasteiger partial charge in [0.25, 0.3) is 0 Å². The van der Waals surface area contributed by atoms with Gasteiger partial charge in [-0.15, -0.1) is 0 Å². The Labute approximate surface area is 246 Å². The Kier molecular flexibility index (Phi) is 10.0. The predicted molar refractivity (Wildman–Crippen MR) is 162 cm³/mol. The van der Waals surface area contributed by atoms with Gasteiger partial charge >= 0.3 is 6.09 Å². The van der Waals surface area contributed by atoms with E-state index in [1.807, 2.05) is 48.5 Å². The molecule has 0 aromatic heterocycles. The zero-order chi connectivity index (χ0) is 29.4. The van der Waals surface area contributed by atoms with E-state index in [1.54, 1.807) is 0 Å². The molecule has 2 N–H and O–H groups in total. The SMILES string of the molecule is COc1cc(NC(=O)CCCc2ccc(-c3ccccc3)c(NC(=O)OC3CC[N+](C)(C)CC3)c2)c(Cl)cc1C=O. The number of aryl methyl sites for hydroxylation is 1. The number of amides is 2. The van der Waals surface area contributed by atoms with Crippen molar-refractivity contribution < 1.29 is 28.3 Å². The molecule has 41 heavy (non-hydrogen) atoms. The van der Waals surface area contributed by atoms with Crippen molar-refractivity contribution in [2.75, 3.05) is 44.9 Å². The molecule has 1 aliphatic rings. The summed E-state index contributed by atoms with van der Waals surface area (Å²) in [5.74, 6) is 0.133. The molecule has 9 heteroatoms. The van der Waals surface area contributed by atoms with Crippen LogP contribution in [0.5, 0.6) is 5.75 Å². The van der Waals surface area contributed by atoms with Gasteiger partial charge in [-0.1, -0.05) is 54.1 Å². The molecule has 2 amide bonds. The minimum Gasteiger partial charge on any atom is -0.496 e. The van der Waals surface area contributed by atoms with Crippen molar-refractivity contribution in [1.82, 2.24) is 0 Å². The average Bonchev–Trinajstić information content (AvgIpc) is 2.95. The Bertz CT molecular complexity index is 1380. The molecular weight excluding hydrogens is 542 g/mol. The first-order valence-electron chi connectivity index (χ1n) is 13.8. The normalized spacial score (nSPS) is 14.6. The maximum absolute atomic E-state index is 12.9. The quantitative estimate of drug-likeness (QED) is 0.209. The van der Waals surface area contributed by atoms with Gasteiger partial charge in [0.1, 0.15) is 11.9 Å². The third-order valence-electron chi connectivity index (χ3n) is 7.38. The van der Waals surface area contributed by atoms with Crippen molar-refractivity contribution in [1.29, 1.82) is 0 Å². The monoisotopic (exact) mass is 578 g/mol. The second kappa shape index (κ2) is 13.7. The number of benzene rings is 3. The van der Waals surface area contributed by atoms with Crippen LogP contribution in [-0.4, -0.2) is 63.2 Å². The number of carbonyl (C=O) groups excluding carboxylic acids is 3. The summed E-state index contributed by atoms with van der Waals surface area (Å²) in [4.78, 5) is 36.7. The van der Waals surface area contributed by atoms with Gasteiger partial charge in [0.15, 0.2) is 6.29 Å². The van der Waals surface area contributed by atoms with E-state index in [0.717, 1.165) is 47.1 Å². The second-order valence-corrected chi connectivity index (χ2v) is 11.4. The number of nitrogens with one attached hydrogen (secondary N) is 2. The van der Waals surface area contributed by atoms with E-state index in [9.17, 15) is 14.4 Å². The number of methoxy groups -OCH3 is 1. The van der Waals surface area contributed by atoms with E-state index in [0.29, 0.717) is 41.8 Å². The fourth-order valence-corrected chi connectivity index (χ4v) is 5.19. The third-order valence-corrected chi connectivity index (χ3v) is 7.69. The van der Waals surface area contributed by atoms with Crippen molar-refractivity contribution in [2.24, 2.45) is 0 Å². The summed E-state index contributed by atoms with van der Waals surface area (Å²) >= 11 is 6.23. The van der Waals surface area contributed by atoms with Crippen molar-refractivity contribution in [3.63, 3.8) is 0 Å². The van der Waals surface area contributed by atoms with E-state index in [-0.39, 0.29) is 23.5 Å². The van der Waals surface area contributed by atoms with Crippen LogP contribution in [0.25, 0.3) is 11.1 Å². The topological polar surface area (TPSA) is 93.7 Å². The largest absolute Gasteiger partial charge is 0.496 e. The molecule has 0 spiro atoms. The van der Waals surface area contributed by atoms with Crippen LogP contribution in [0.15, 0.2) is 60.7 Å². The molecule has 1 heterocycles. The molecule has 1 fully saturated rings. The predicted octanol–water partition coefficient (Wildman–Crippen LogP) is 6.58. The number of ether oxygens (including phenoxy) is 2. The van der Waals surface area contributed by atoms with Crippen molar-refractivity contribution >= 4 is 41.3 Å². The van der Waals surface area contributed by atoms with Gasteiger partial charge in [0.05, 0.1) is 56.3 Å². The summed E-state index contributed by atoms with van der Waals surface area (Å²) in [7, 11) is 5.83. The molecule has 0 unspecified atom stereocenters. The number of anilines is 2. The first-order chi connectivity index (χ1) is 19.7. The summed E-state index contributed by atoms with van der Waals surface area (Å²) in [5.41, 5.74) is 4.23. The van der Waals surface area contributed by atoms with Gasteiger partial charge in [-0.05, 0) is 36.1 Å². The molecule has 0 atom stereocenters. The standard InChI is InChI=1S/C32H36ClN3O5/c1-36(2)16-14-25(15-17-36)41-32(39)35-28-18-22(12-13-26(28)23-9-5-4-6-10-23)8-7-11-31(38)34-29-20-30(40-3)24(21-37)19-27(29)33/h4-6,9-10,12-13,18-21,25H,7-8,11,14-17H2,1-3H3,(H-,34,35,37,38,39)/p+1. The highest BCUT2D eigenvalue weighted by atomic mass is 35.5. The highest BCUT2D eigenvalue weighted by Gasteiger charge is 2.28. The zero-order valence-corrected chi connectivity index (χ0v) is 24.5. The number of halogens is 1. The summed E-state index contributed by atoms with van der Waals surface area (Å²) in [6.07, 6.45) is 3.25. The molecule has 1 saturated heterocycles. The summed E-state index contributed by atoms with van der Waals surface area (Å²) < 4.78 is 11.9. The van der Waals surface area contributed by atoms with Crippen LogP contribution in [0.4, 0.5) is 16.2 Å². The lowest BCUT2D eigenvalue weighted by Gasteiger charge is -2.36. The number of carbonyl (C=O) groups is 3. The third kappa shape index (κ3) is 8.31. The van der Waals surface area contributed by atoms with E-state index < -0.39 is 6.09 Å². The van der Waals surface area contributed by atoms with Crippen molar-refractivity contribution in [3.05, 3.63) is 76.8 Å². The minimum atomic E-state index is -0.455. The second-order valence-electron chi connectivity index (χ2n) is 11.0. The summed E-state index contributed by atoms with van der Waals surface area (Å²) in [6.45, 7) is 1.94. The number of likely N-dealkylation sites (tertiary alicyclic amines) is 1. The lowest BCUT2D eigenvalue weighted by Crippen LogP contribution is -2.48. The van der Waals surface area contributed by atoms with Gasteiger partial charge in [0.2, 0.25) is 5.91 Å². The fraction of sp³-hybridized carbons (Fsp3) is 0.344. The lowest BCUT2D eigenvalue weighted by molar-refractivity contribution is -0.896. The molecule has 3 aromatic carbocycles. The van der Waals surface area contributed by atoms with Crippen LogP contribution >= 0.6 is 11.6 Å². The van der Waals surface area contributed by atoms with Gasteiger partial charge in [-0.2, -0.15) is 0 Å². The van der Waals surface area contributed by atoms with Gasteiger partial charge in [-0.3, -0.25) is 14.9 Å². The molecule has 0 saturated carbocycles. The van der Waals surface area contributed by atoms with Crippen molar-refractivity contribution in [3.8, 4) is 16.9 Å². The first-order valence-corrected chi connectivity index (χ1v) is 14.2. The Morgan fingerprint density at radius 3 is 2.41 bits per heavy atom. The Morgan fingerprint density at radius 1 is 1.00 bits per heavy atom. The van der Waals surface area contributed by atoms with Gasteiger partial charge in [0, 0.05) is 30.9 Å². The fourth-order valence-electron chi connectivity index (χ4n) is 4.97. The molecule has 0 aliphatic carbocycles. The van der Waals surface area contributed by atoms with Crippen LogP contribution in [0.1, 0.15) is 41.6 Å². The van der Waals surface area contributed by atoms with Crippen LogP contribution in [0.3, 0.4) is 0 Å². The van der Waals surface area contributed by atoms with Crippen LogP contribution < -0.4 is 15.4 Å². The molecule has 4 rings (SSSR count). The molecule has 3 aromatic rings. The summed E-state index contributed by atoms with van der Waals surface area (Å²) in [5, 5.41) is 6.03. The smallest absolute Gasteiger partial charge is 0.411 e. The van der Waals surface area contributed by atoms with Crippen LogP contribution in [-0.2, 0) is 16.0 Å². The van der Waals surface area contributed by atoms with Crippen LogP contribution in [0, 0.1) is 0 Å². The van der Waals surface area contributed by atoms with Gasteiger partial charge in [-0.25, -0.2) is 4.79 Å². The minimum absolute atomic E-state index is 0.0915. The molecule has 1 aliphatic heterocycles.